The highest BCUT2D eigenvalue weighted by Crippen LogP contribution is 2.22. The molecule has 0 atom stereocenters. The van der Waals surface area contributed by atoms with Gasteiger partial charge < -0.3 is 4.74 Å². The molecular weight excluding hydrogens is 506 g/mol. The maximum absolute atomic E-state index is 13.2. The number of hydrazine groups is 1. The third-order valence-electron chi connectivity index (χ3n) is 6.73. The van der Waals surface area contributed by atoms with Gasteiger partial charge in [-0.15, -0.1) is 0 Å². The summed E-state index contributed by atoms with van der Waals surface area (Å²) in [7, 11) is 1.61. The number of nitrogens with zero attached hydrogens (tertiary/aromatic N) is 4. The first-order valence-corrected chi connectivity index (χ1v) is 13.4. The molecular formula is C30H33N7O3. The molecule has 0 unspecified atom stereocenters. The molecule has 10 heteroatoms. The summed E-state index contributed by atoms with van der Waals surface area (Å²) in [5, 5.41) is 11.6. The molecule has 40 heavy (non-hydrogen) atoms. The minimum absolute atomic E-state index is 0.00989. The van der Waals surface area contributed by atoms with E-state index in [2.05, 4.69) is 20.9 Å². The van der Waals surface area contributed by atoms with Gasteiger partial charge >= 0.3 is 0 Å². The molecule has 2 aromatic heterocycles. The second-order valence-corrected chi connectivity index (χ2v) is 9.63. The van der Waals surface area contributed by atoms with Crippen molar-refractivity contribution in [2.45, 2.75) is 38.5 Å². The Labute approximate surface area is 233 Å². The van der Waals surface area contributed by atoms with Gasteiger partial charge in [0.15, 0.2) is 0 Å². The molecule has 0 aliphatic carbocycles. The SMILES string of the molecule is CO/C=C1\CCCN1NC(=O)CCCCc1cn(-c2ccccc2)c(NC(=O)c2cccc(-c3cn[nH]c3)c2)n1. The van der Waals surface area contributed by atoms with Crippen LogP contribution in [0.25, 0.3) is 16.8 Å². The number of allylic oxidation sites excluding steroid dienone is 1. The van der Waals surface area contributed by atoms with Crippen LogP contribution in [0.5, 0.6) is 0 Å². The number of H-pyrrole nitrogens is 1. The van der Waals surface area contributed by atoms with Gasteiger partial charge in [-0.1, -0.05) is 30.3 Å². The normalized spacial score (nSPS) is 13.9. The number of aromatic amines is 1. The van der Waals surface area contributed by atoms with Gasteiger partial charge in [0.05, 0.1) is 24.7 Å². The third kappa shape index (κ3) is 6.58. The first kappa shape index (κ1) is 26.7. The van der Waals surface area contributed by atoms with E-state index in [4.69, 9.17) is 9.72 Å². The summed E-state index contributed by atoms with van der Waals surface area (Å²) in [5.74, 6) is 0.189. The molecule has 1 fully saturated rings. The number of nitrogens with one attached hydrogen (secondary N) is 3. The topological polar surface area (TPSA) is 117 Å². The lowest BCUT2D eigenvalue weighted by Gasteiger charge is -2.20. The minimum Gasteiger partial charge on any atom is -0.502 e. The summed E-state index contributed by atoms with van der Waals surface area (Å²) in [4.78, 5) is 30.4. The molecule has 3 heterocycles. The van der Waals surface area contributed by atoms with E-state index >= 15 is 0 Å². The Morgan fingerprint density at radius 3 is 2.77 bits per heavy atom. The van der Waals surface area contributed by atoms with Crippen molar-refractivity contribution < 1.29 is 14.3 Å². The summed E-state index contributed by atoms with van der Waals surface area (Å²) >= 11 is 0. The zero-order valence-corrected chi connectivity index (χ0v) is 22.5. The number of carbonyl (C=O) groups excluding carboxylic acids is 2. The number of carbonyl (C=O) groups is 2. The van der Waals surface area contributed by atoms with Crippen LogP contribution in [0.4, 0.5) is 5.95 Å². The maximum Gasteiger partial charge on any atom is 0.258 e. The molecule has 4 aromatic rings. The van der Waals surface area contributed by atoms with Gasteiger partial charge in [-0.3, -0.25) is 35.0 Å². The van der Waals surface area contributed by atoms with Crippen LogP contribution in [0, 0.1) is 0 Å². The second-order valence-electron chi connectivity index (χ2n) is 9.63. The van der Waals surface area contributed by atoms with Crippen LogP contribution >= 0.6 is 0 Å². The van der Waals surface area contributed by atoms with Crippen molar-refractivity contribution in [2.75, 3.05) is 19.0 Å². The van der Waals surface area contributed by atoms with E-state index in [9.17, 15) is 9.59 Å². The first-order chi connectivity index (χ1) is 19.6. The predicted molar refractivity (Wildman–Crippen MR) is 152 cm³/mol. The van der Waals surface area contributed by atoms with Crippen LogP contribution < -0.4 is 10.7 Å². The standard InChI is InChI=1S/C30H33N7O3/c1-40-21-27-14-8-16-37(27)35-28(38)15-6-5-11-25-20-36(26-12-3-2-4-13-26)30(33-25)34-29(39)23-10-7-9-22(17-23)24-18-31-32-19-24/h2-4,7,9-10,12-13,17-21H,5-6,8,11,14-16H2,1H3,(H,31,32)(H,35,38)(H,33,34,39)/b27-21+. The van der Waals surface area contributed by atoms with Gasteiger partial charge in [0.2, 0.25) is 11.9 Å². The fraction of sp³-hybridized carbons (Fsp3) is 0.267. The summed E-state index contributed by atoms with van der Waals surface area (Å²) in [6, 6.07) is 17.2. The van der Waals surface area contributed by atoms with Crippen LogP contribution in [0.15, 0.2) is 85.1 Å². The molecule has 1 aliphatic rings. The smallest absolute Gasteiger partial charge is 0.258 e. The number of imidazole rings is 1. The van der Waals surface area contributed by atoms with Gasteiger partial charge in [0.1, 0.15) is 6.26 Å². The van der Waals surface area contributed by atoms with E-state index in [0.717, 1.165) is 60.4 Å². The molecule has 0 saturated carbocycles. The summed E-state index contributed by atoms with van der Waals surface area (Å²) in [5.41, 5.74) is 8.03. The second kappa shape index (κ2) is 12.8. The van der Waals surface area contributed by atoms with Gasteiger partial charge in [0, 0.05) is 42.2 Å². The average Bonchev–Trinajstić information content (AvgIpc) is 3.74. The summed E-state index contributed by atoms with van der Waals surface area (Å²) in [6.07, 6.45) is 11.7. The van der Waals surface area contributed by atoms with Crippen molar-refractivity contribution in [1.29, 1.82) is 0 Å². The Kier molecular flexibility index (Phi) is 8.55. The Bertz CT molecular complexity index is 1460. The lowest BCUT2D eigenvalue weighted by atomic mass is 10.1. The summed E-state index contributed by atoms with van der Waals surface area (Å²) < 4.78 is 6.99. The molecule has 0 radical (unpaired) electrons. The van der Waals surface area contributed by atoms with Gasteiger partial charge in [0.25, 0.3) is 5.91 Å². The van der Waals surface area contributed by atoms with Crippen molar-refractivity contribution >= 4 is 17.8 Å². The van der Waals surface area contributed by atoms with Crippen molar-refractivity contribution in [3.63, 3.8) is 0 Å². The number of unbranched alkanes of at least 4 members (excludes halogenated alkanes) is 1. The number of para-hydroxylation sites is 1. The number of amides is 2. The van der Waals surface area contributed by atoms with Gasteiger partial charge in [-0.2, -0.15) is 5.10 Å². The number of hydrogen-bond acceptors (Lipinski definition) is 6. The highest BCUT2D eigenvalue weighted by atomic mass is 16.5. The van der Waals surface area contributed by atoms with Crippen LogP contribution in [0.3, 0.4) is 0 Å². The van der Waals surface area contributed by atoms with Crippen molar-refractivity contribution in [3.05, 3.63) is 96.4 Å². The lowest BCUT2D eigenvalue weighted by molar-refractivity contribution is -0.125. The first-order valence-electron chi connectivity index (χ1n) is 13.4. The number of methoxy groups -OCH3 is 1. The maximum atomic E-state index is 13.2. The molecule has 5 rings (SSSR count). The zero-order chi connectivity index (χ0) is 27.7. The van der Waals surface area contributed by atoms with Crippen molar-refractivity contribution in [2.24, 2.45) is 0 Å². The zero-order valence-electron chi connectivity index (χ0n) is 22.5. The van der Waals surface area contributed by atoms with Gasteiger partial charge in [-0.05, 0) is 61.9 Å². The Balaban J connectivity index is 1.22. The van der Waals surface area contributed by atoms with Crippen LogP contribution in [-0.4, -0.2) is 50.2 Å². The number of rotatable bonds is 11. The number of hydrogen-bond donors (Lipinski definition) is 3. The third-order valence-corrected chi connectivity index (χ3v) is 6.73. The molecule has 0 spiro atoms. The van der Waals surface area contributed by atoms with Crippen molar-refractivity contribution in [3.8, 4) is 16.8 Å². The Morgan fingerprint density at radius 1 is 1.10 bits per heavy atom. The lowest BCUT2D eigenvalue weighted by Crippen LogP contribution is -2.39. The molecule has 2 aromatic carbocycles. The van der Waals surface area contributed by atoms with E-state index in [1.165, 1.54) is 0 Å². The van der Waals surface area contributed by atoms with Gasteiger partial charge in [-0.25, -0.2) is 4.98 Å². The van der Waals surface area contributed by atoms with E-state index in [1.54, 1.807) is 31.8 Å². The Morgan fingerprint density at radius 2 is 1.98 bits per heavy atom. The molecule has 0 bridgehead atoms. The Hall–Kier alpha value is -4.86. The molecule has 10 nitrogen and oxygen atoms in total. The van der Waals surface area contributed by atoms with E-state index in [1.807, 2.05) is 64.3 Å². The summed E-state index contributed by atoms with van der Waals surface area (Å²) in [6.45, 7) is 0.792. The largest absolute Gasteiger partial charge is 0.502 e. The van der Waals surface area contributed by atoms with Crippen LogP contribution in [0.2, 0.25) is 0 Å². The van der Waals surface area contributed by atoms with E-state index in [-0.39, 0.29) is 11.8 Å². The quantitative estimate of drug-likeness (QED) is 0.185. The minimum atomic E-state index is -0.250. The predicted octanol–water partition coefficient (Wildman–Crippen LogP) is 4.84. The van der Waals surface area contributed by atoms with E-state index < -0.39 is 0 Å². The number of aromatic nitrogens is 4. The molecule has 3 N–H and O–H groups in total. The number of benzene rings is 2. The number of ether oxygens (including phenoxy) is 1. The fourth-order valence-electron chi connectivity index (χ4n) is 4.73. The molecule has 206 valence electrons. The number of aryl methyl sites for hydroxylation is 1. The average molecular weight is 540 g/mol. The fourth-order valence-corrected chi connectivity index (χ4v) is 4.73. The molecule has 2 amide bonds. The van der Waals surface area contributed by atoms with Crippen LogP contribution in [0.1, 0.15) is 48.2 Å². The highest BCUT2D eigenvalue weighted by molar-refractivity contribution is 6.04. The molecule has 1 aliphatic heterocycles. The van der Waals surface area contributed by atoms with Crippen LogP contribution in [-0.2, 0) is 16.0 Å². The highest BCUT2D eigenvalue weighted by Gasteiger charge is 2.19. The van der Waals surface area contributed by atoms with E-state index in [0.29, 0.717) is 24.4 Å². The van der Waals surface area contributed by atoms with Crippen molar-refractivity contribution in [1.82, 2.24) is 30.2 Å². The monoisotopic (exact) mass is 539 g/mol. The molecule has 1 saturated heterocycles. The number of anilines is 1.